The molecular weight excluding hydrogens is 426 g/mol. The van der Waals surface area contributed by atoms with Crippen molar-refractivity contribution in [3.8, 4) is 0 Å². The van der Waals surface area contributed by atoms with Gasteiger partial charge in [-0.25, -0.2) is 4.98 Å². The highest BCUT2D eigenvalue weighted by atomic mass is 35.5. The van der Waals surface area contributed by atoms with Crippen LogP contribution in [0.5, 0.6) is 0 Å². The highest BCUT2D eigenvalue weighted by molar-refractivity contribution is 6.31. The van der Waals surface area contributed by atoms with Crippen LogP contribution in [0.15, 0.2) is 42.7 Å². The minimum absolute atomic E-state index is 0.0363. The van der Waals surface area contributed by atoms with Crippen molar-refractivity contribution in [2.45, 2.75) is 26.8 Å². The summed E-state index contributed by atoms with van der Waals surface area (Å²) in [7, 11) is 0. The van der Waals surface area contributed by atoms with E-state index in [4.69, 9.17) is 11.6 Å². The molecule has 0 aliphatic carbocycles. The van der Waals surface area contributed by atoms with Gasteiger partial charge in [0.2, 0.25) is 5.91 Å². The van der Waals surface area contributed by atoms with Crippen molar-refractivity contribution in [3.05, 3.63) is 70.3 Å². The summed E-state index contributed by atoms with van der Waals surface area (Å²) in [6, 6.07) is 9.55. The Balaban J connectivity index is 1.33. The van der Waals surface area contributed by atoms with Gasteiger partial charge in [0.25, 0.3) is 5.91 Å². The maximum atomic E-state index is 13.3. The zero-order chi connectivity index (χ0) is 22.4. The van der Waals surface area contributed by atoms with Crippen molar-refractivity contribution in [1.82, 2.24) is 24.2 Å². The molecule has 0 radical (unpaired) electrons. The number of benzene rings is 1. The Labute approximate surface area is 190 Å². The lowest BCUT2D eigenvalue weighted by molar-refractivity contribution is -0.131. The SMILES string of the molecule is Cc1c(C(=O)N2CCC(=O)N(Cc3cn4cccc(C)c4n3)CC2)[nH]c2ccc(Cl)cc12. The Bertz CT molecular complexity index is 1360. The first kappa shape index (κ1) is 20.6. The summed E-state index contributed by atoms with van der Waals surface area (Å²) >= 11 is 6.12. The normalized spacial score (nSPS) is 15.0. The van der Waals surface area contributed by atoms with Gasteiger partial charge in [0, 0.05) is 54.4 Å². The van der Waals surface area contributed by atoms with Gasteiger partial charge in [-0.05, 0) is 49.2 Å². The third kappa shape index (κ3) is 3.62. The van der Waals surface area contributed by atoms with Gasteiger partial charge >= 0.3 is 0 Å². The zero-order valence-corrected chi connectivity index (χ0v) is 18.8. The summed E-state index contributed by atoms with van der Waals surface area (Å²) in [5.74, 6) is -0.0537. The van der Waals surface area contributed by atoms with E-state index in [1.165, 1.54) is 0 Å². The number of rotatable bonds is 3. The molecule has 5 rings (SSSR count). The number of H-pyrrole nitrogens is 1. The number of aromatic nitrogens is 3. The third-order valence-corrected chi connectivity index (χ3v) is 6.43. The minimum atomic E-state index is -0.0900. The molecule has 1 N–H and O–H groups in total. The molecule has 164 valence electrons. The van der Waals surface area contributed by atoms with Crippen molar-refractivity contribution >= 4 is 40.0 Å². The van der Waals surface area contributed by atoms with Crippen molar-refractivity contribution in [3.63, 3.8) is 0 Å². The average molecular weight is 450 g/mol. The van der Waals surface area contributed by atoms with Crippen LogP contribution in [-0.2, 0) is 11.3 Å². The molecule has 4 heterocycles. The molecule has 3 aromatic heterocycles. The number of imidazole rings is 1. The number of nitrogens with zero attached hydrogens (tertiary/aromatic N) is 4. The lowest BCUT2D eigenvalue weighted by Crippen LogP contribution is -2.36. The summed E-state index contributed by atoms with van der Waals surface area (Å²) in [6.45, 7) is 5.73. The fraction of sp³-hybridized carbons (Fsp3) is 0.292. The van der Waals surface area contributed by atoms with E-state index in [1.807, 2.05) is 54.9 Å². The second-order valence-corrected chi connectivity index (χ2v) is 8.76. The minimum Gasteiger partial charge on any atom is -0.350 e. The summed E-state index contributed by atoms with van der Waals surface area (Å²) in [4.78, 5) is 37.5. The van der Waals surface area contributed by atoms with Crippen LogP contribution in [0.4, 0.5) is 0 Å². The van der Waals surface area contributed by atoms with Gasteiger partial charge < -0.3 is 19.2 Å². The summed E-state index contributed by atoms with van der Waals surface area (Å²) in [6.07, 6.45) is 4.21. The van der Waals surface area contributed by atoms with E-state index in [9.17, 15) is 9.59 Å². The maximum absolute atomic E-state index is 13.3. The number of aryl methyl sites for hydroxylation is 2. The van der Waals surface area contributed by atoms with E-state index in [1.54, 1.807) is 15.9 Å². The van der Waals surface area contributed by atoms with E-state index < -0.39 is 0 Å². The molecule has 32 heavy (non-hydrogen) atoms. The van der Waals surface area contributed by atoms with Crippen LogP contribution in [-0.4, -0.2) is 55.6 Å². The lowest BCUT2D eigenvalue weighted by Gasteiger charge is -2.21. The molecule has 1 saturated heterocycles. The second-order valence-electron chi connectivity index (χ2n) is 8.33. The van der Waals surface area contributed by atoms with Crippen LogP contribution in [0, 0.1) is 13.8 Å². The Morgan fingerprint density at radius 2 is 2.03 bits per heavy atom. The van der Waals surface area contributed by atoms with Crippen LogP contribution in [0.25, 0.3) is 16.6 Å². The molecule has 0 bridgehead atoms. The number of fused-ring (bicyclic) bond motifs is 2. The first-order valence-electron chi connectivity index (χ1n) is 10.7. The summed E-state index contributed by atoms with van der Waals surface area (Å²) in [5, 5.41) is 1.58. The topological polar surface area (TPSA) is 73.7 Å². The van der Waals surface area contributed by atoms with Gasteiger partial charge in [-0.1, -0.05) is 17.7 Å². The van der Waals surface area contributed by atoms with Gasteiger partial charge in [0.1, 0.15) is 11.3 Å². The van der Waals surface area contributed by atoms with E-state index >= 15 is 0 Å². The van der Waals surface area contributed by atoms with Gasteiger partial charge in [-0.15, -0.1) is 0 Å². The third-order valence-electron chi connectivity index (χ3n) is 6.19. The number of halogens is 1. The van der Waals surface area contributed by atoms with E-state index in [0.29, 0.717) is 43.3 Å². The van der Waals surface area contributed by atoms with Crippen LogP contribution < -0.4 is 0 Å². The predicted octanol–water partition coefficient (Wildman–Crippen LogP) is 3.96. The van der Waals surface area contributed by atoms with Crippen molar-refractivity contribution < 1.29 is 9.59 Å². The molecular formula is C24H24ClN5O2. The van der Waals surface area contributed by atoms with Gasteiger partial charge in [0.15, 0.2) is 0 Å². The number of hydrogen-bond acceptors (Lipinski definition) is 3. The number of carbonyl (C=O) groups is 2. The zero-order valence-electron chi connectivity index (χ0n) is 18.1. The first-order chi connectivity index (χ1) is 15.4. The van der Waals surface area contributed by atoms with E-state index in [-0.39, 0.29) is 11.8 Å². The fourth-order valence-corrected chi connectivity index (χ4v) is 4.56. The van der Waals surface area contributed by atoms with Crippen LogP contribution in [0.2, 0.25) is 5.02 Å². The second kappa shape index (κ2) is 7.98. The Morgan fingerprint density at radius 3 is 2.84 bits per heavy atom. The monoisotopic (exact) mass is 449 g/mol. The number of carbonyl (C=O) groups excluding carboxylic acids is 2. The largest absolute Gasteiger partial charge is 0.350 e. The summed E-state index contributed by atoms with van der Waals surface area (Å²) < 4.78 is 1.98. The number of hydrogen-bond donors (Lipinski definition) is 1. The Kier molecular flexibility index (Phi) is 5.13. The molecule has 1 aromatic carbocycles. The quantitative estimate of drug-likeness (QED) is 0.514. The molecule has 0 unspecified atom stereocenters. The predicted molar refractivity (Wildman–Crippen MR) is 124 cm³/mol. The molecule has 1 aliphatic heterocycles. The summed E-state index contributed by atoms with van der Waals surface area (Å²) in [5.41, 5.74) is 5.14. The molecule has 4 aromatic rings. The molecule has 1 fully saturated rings. The molecule has 1 aliphatic rings. The molecule has 0 atom stereocenters. The first-order valence-corrected chi connectivity index (χ1v) is 11.1. The van der Waals surface area contributed by atoms with Gasteiger partial charge in [0.05, 0.1) is 12.2 Å². The maximum Gasteiger partial charge on any atom is 0.270 e. The standard InChI is InChI=1S/C24H24ClN5O2/c1-15-4-3-8-30-14-18(26-23(15)30)13-29-11-10-28(9-7-21(29)31)24(32)22-16(2)19-12-17(25)5-6-20(19)27-22/h3-6,8,12,14,27H,7,9-11,13H2,1-2H3. The molecule has 0 saturated carbocycles. The van der Waals surface area contributed by atoms with E-state index in [0.717, 1.165) is 33.4 Å². The van der Waals surface area contributed by atoms with Gasteiger partial charge in [-0.3, -0.25) is 9.59 Å². The van der Waals surface area contributed by atoms with Crippen molar-refractivity contribution in [2.75, 3.05) is 19.6 Å². The van der Waals surface area contributed by atoms with Crippen LogP contribution in [0.1, 0.15) is 33.7 Å². The molecule has 7 nitrogen and oxygen atoms in total. The highest BCUT2D eigenvalue weighted by Gasteiger charge is 2.27. The van der Waals surface area contributed by atoms with Gasteiger partial charge in [-0.2, -0.15) is 0 Å². The number of amides is 2. The highest BCUT2D eigenvalue weighted by Crippen LogP contribution is 2.26. The molecule has 0 spiro atoms. The van der Waals surface area contributed by atoms with Crippen LogP contribution >= 0.6 is 11.6 Å². The Morgan fingerprint density at radius 1 is 1.19 bits per heavy atom. The van der Waals surface area contributed by atoms with Crippen molar-refractivity contribution in [2.24, 2.45) is 0 Å². The molecule has 8 heteroatoms. The van der Waals surface area contributed by atoms with Crippen molar-refractivity contribution in [1.29, 1.82) is 0 Å². The number of pyridine rings is 1. The Hall–Kier alpha value is -3.32. The van der Waals surface area contributed by atoms with Crippen LogP contribution in [0.3, 0.4) is 0 Å². The fourth-order valence-electron chi connectivity index (χ4n) is 4.38. The lowest BCUT2D eigenvalue weighted by atomic mass is 10.1. The number of nitrogens with one attached hydrogen (secondary N) is 1. The van der Waals surface area contributed by atoms with E-state index in [2.05, 4.69) is 9.97 Å². The number of aromatic amines is 1. The molecule has 2 amide bonds. The average Bonchev–Trinajstić information content (AvgIpc) is 3.28. The smallest absolute Gasteiger partial charge is 0.270 e.